The molecule has 42 heavy (non-hydrogen) atoms. The number of urea groups is 1. The summed E-state index contributed by atoms with van der Waals surface area (Å²) in [7, 11) is 1.44. The van der Waals surface area contributed by atoms with Crippen molar-refractivity contribution >= 4 is 23.7 Å². The number of amides is 2. The first-order valence-electron chi connectivity index (χ1n) is 15.7. The molecule has 3 saturated carbocycles. The number of hydrazone groups is 1. The number of fused-ring (bicyclic) bond motifs is 6. The van der Waals surface area contributed by atoms with Crippen LogP contribution in [0.15, 0.2) is 28.4 Å². The van der Waals surface area contributed by atoms with Gasteiger partial charge in [0, 0.05) is 29.9 Å². The van der Waals surface area contributed by atoms with Crippen LogP contribution in [-0.2, 0) is 19.1 Å². The number of rotatable bonds is 3. The first kappa shape index (κ1) is 30.8. The molecular weight excluding hydrogens is 530 g/mol. The van der Waals surface area contributed by atoms with E-state index in [0.717, 1.165) is 44.2 Å². The zero-order valence-electron chi connectivity index (χ0n) is 27.1. The Morgan fingerprint density at radius 1 is 0.976 bits per heavy atom. The van der Waals surface area contributed by atoms with Crippen LogP contribution in [0.3, 0.4) is 0 Å². The van der Waals surface area contributed by atoms with Crippen LogP contribution >= 0.6 is 0 Å². The van der Waals surface area contributed by atoms with E-state index < -0.39 is 11.4 Å². The van der Waals surface area contributed by atoms with Crippen molar-refractivity contribution in [3.05, 3.63) is 23.3 Å². The third-order valence-corrected chi connectivity index (χ3v) is 13.3. The van der Waals surface area contributed by atoms with Crippen molar-refractivity contribution in [1.29, 1.82) is 0 Å². The van der Waals surface area contributed by atoms with Gasteiger partial charge in [-0.2, -0.15) is 5.10 Å². The van der Waals surface area contributed by atoms with E-state index in [9.17, 15) is 14.4 Å². The number of nitrogens with two attached hydrogens (primary N) is 1. The van der Waals surface area contributed by atoms with Gasteiger partial charge in [-0.1, -0.05) is 59.3 Å². The lowest BCUT2D eigenvalue weighted by molar-refractivity contribution is -0.197. The predicted molar refractivity (Wildman–Crippen MR) is 162 cm³/mol. The molecular formula is C34H51N3O5. The number of carbonyl (C=O) groups is 3. The Balaban J connectivity index is 1.64. The van der Waals surface area contributed by atoms with Crippen LogP contribution in [0, 0.1) is 44.3 Å². The summed E-state index contributed by atoms with van der Waals surface area (Å²) >= 11 is 0. The van der Waals surface area contributed by atoms with Gasteiger partial charge in [0.15, 0.2) is 0 Å². The molecule has 0 saturated heterocycles. The summed E-state index contributed by atoms with van der Waals surface area (Å²) < 4.78 is 11.2. The molecule has 8 nitrogen and oxygen atoms in total. The number of nitrogens with one attached hydrogen (secondary N) is 1. The lowest BCUT2D eigenvalue weighted by Gasteiger charge is -2.69. The summed E-state index contributed by atoms with van der Waals surface area (Å²) in [4.78, 5) is 36.8. The molecule has 3 N–H and O–H groups in total. The van der Waals surface area contributed by atoms with Gasteiger partial charge in [0.2, 0.25) is 0 Å². The van der Waals surface area contributed by atoms with Crippen molar-refractivity contribution < 1.29 is 23.9 Å². The molecule has 0 aromatic rings. The Morgan fingerprint density at radius 2 is 1.67 bits per heavy atom. The fraction of sp³-hybridized carbons (Fsp3) is 0.765. The molecule has 232 valence electrons. The molecule has 3 fully saturated rings. The maximum atomic E-state index is 13.2. The average molecular weight is 582 g/mol. The zero-order valence-corrected chi connectivity index (χ0v) is 27.1. The second-order valence-corrected chi connectivity index (χ2v) is 15.8. The van der Waals surface area contributed by atoms with Crippen LogP contribution in [0.1, 0.15) is 107 Å². The molecule has 0 unspecified atom stereocenters. The van der Waals surface area contributed by atoms with Gasteiger partial charge in [0.05, 0.1) is 12.5 Å². The third-order valence-electron chi connectivity index (χ3n) is 13.3. The van der Waals surface area contributed by atoms with Crippen molar-refractivity contribution in [1.82, 2.24) is 5.43 Å². The van der Waals surface area contributed by atoms with Gasteiger partial charge in [-0.3, -0.25) is 9.59 Å². The zero-order chi connectivity index (χ0) is 31.1. The molecule has 5 rings (SSSR count). The number of hydrogen-bond donors (Lipinski definition) is 2. The van der Waals surface area contributed by atoms with E-state index in [2.05, 4.69) is 64.2 Å². The smallest absolute Gasteiger partial charge is 0.332 e. The van der Waals surface area contributed by atoms with Crippen molar-refractivity contribution in [2.75, 3.05) is 7.11 Å². The first-order chi connectivity index (χ1) is 19.4. The summed E-state index contributed by atoms with van der Waals surface area (Å²) in [6, 6.07) is -0.712. The number of hydrogen-bond acceptors (Lipinski definition) is 6. The molecule has 0 aromatic heterocycles. The maximum absolute atomic E-state index is 13.2. The minimum atomic E-state index is -0.790. The number of nitrogens with zero attached hydrogens (tertiary/aromatic N) is 1. The van der Waals surface area contributed by atoms with E-state index in [1.54, 1.807) is 0 Å². The van der Waals surface area contributed by atoms with Crippen molar-refractivity contribution in [3.8, 4) is 0 Å². The van der Waals surface area contributed by atoms with Crippen LogP contribution < -0.4 is 11.2 Å². The highest BCUT2D eigenvalue weighted by molar-refractivity contribution is 5.99. The SMILES string of the molecule is COC(=O)[C@@]1(C)CC2=C3C=C[C@@H]4[C@@]5(C)CC[C@@H](OC(C)=O)C(C)(C)[C@@H]5CC[C@@]4(C)[C@@]3(C)CC[C@]2(C)/C(=N/NC(N)=O)C1. The van der Waals surface area contributed by atoms with Crippen molar-refractivity contribution in [2.45, 2.75) is 113 Å². The topological polar surface area (TPSA) is 120 Å². The van der Waals surface area contributed by atoms with Gasteiger partial charge in [-0.25, -0.2) is 10.2 Å². The molecule has 8 atom stereocenters. The summed E-state index contributed by atoms with van der Waals surface area (Å²) in [6.45, 7) is 17.7. The number of primary amides is 1. The first-order valence-corrected chi connectivity index (χ1v) is 15.7. The van der Waals surface area contributed by atoms with E-state index >= 15 is 0 Å². The molecule has 0 bridgehead atoms. The lowest BCUT2D eigenvalue weighted by atomic mass is 9.35. The summed E-state index contributed by atoms with van der Waals surface area (Å²) in [5, 5.41) is 4.51. The largest absolute Gasteiger partial charge is 0.469 e. The average Bonchev–Trinajstić information content (AvgIpc) is 2.89. The lowest BCUT2D eigenvalue weighted by Crippen LogP contribution is -2.63. The highest BCUT2D eigenvalue weighted by Gasteiger charge is 2.67. The van der Waals surface area contributed by atoms with E-state index in [1.807, 2.05) is 6.92 Å². The summed E-state index contributed by atoms with van der Waals surface area (Å²) in [5.41, 5.74) is 9.94. The third kappa shape index (κ3) is 4.13. The van der Waals surface area contributed by atoms with Gasteiger partial charge in [-0.15, -0.1) is 0 Å². The fourth-order valence-corrected chi connectivity index (χ4v) is 10.7. The molecule has 0 aromatic carbocycles. The van der Waals surface area contributed by atoms with Crippen LogP contribution in [0.5, 0.6) is 0 Å². The predicted octanol–water partition coefficient (Wildman–Crippen LogP) is 6.45. The van der Waals surface area contributed by atoms with E-state index in [1.165, 1.54) is 25.2 Å². The van der Waals surface area contributed by atoms with E-state index in [4.69, 9.17) is 15.2 Å². The van der Waals surface area contributed by atoms with Gasteiger partial charge < -0.3 is 15.2 Å². The summed E-state index contributed by atoms with van der Waals surface area (Å²) in [6.07, 6.45) is 11.8. The molecule has 5 aliphatic rings. The van der Waals surface area contributed by atoms with E-state index in [0.29, 0.717) is 24.7 Å². The van der Waals surface area contributed by atoms with Gasteiger partial charge in [0.1, 0.15) is 6.10 Å². The molecule has 0 spiro atoms. The van der Waals surface area contributed by atoms with Crippen molar-refractivity contribution in [2.24, 2.45) is 55.2 Å². The Kier molecular flexibility index (Phi) is 7.10. The fourth-order valence-electron chi connectivity index (χ4n) is 10.7. The maximum Gasteiger partial charge on any atom is 0.332 e. The van der Waals surface area contributed by atoms with Crippen molar-refractivity contribution in [3.63, 3.8) is 0 Å². The van der Waals surface area contributed by atoms with Crippen LogP contribution in [0.4, 0.5) is 4.79 Å². The minimum absolute atomic E-state index is 0.0168. The Morgan fingerprint density at radius 3 is 2.29 bits per heavy atom. The second-order valence-electron chi connectivity index (χ2n) is 15.8. The van der Waals surface area contributed by atoms with E-state index in [-0.39, 0.29) is 45.1 Å². The number of esters is 2. The van der Waals surface area contributed by atoms with Gasteiger partial charge in [-0.05, 0) is 85.5 Å². The van der Waals surface area contributed by atoms with Crippen LogP contribution in [0.25, 0.3) is 0 Å². The van der Waals surface area contributed by atoms with Crippen LogP contribution in [0.2, 0.25) is 0 Å². The number of allylic oxidation sites excluding steroid dienone is 4. The Labute approximate surface area is 251 Å². The van der Waals surface area contributed by atoms with Gasteiger partial charge >= 0.3 is 18.0 Å². The molecule has 0 radical (unpaired) electrons. The van der Waals surface area contributed by atoms with Gasteiger partial charge in [0.25, 0.3) is 0 Å². The molecule has 0 aliphatic heterocycles. The highest BCUT2D eigenvalue weighted by atomic mass is 16.5. The molecule has 5 aliphatic carbocycles. The molecule has 8 heteroatoms. The Hall–Kier alpha value is -2.64. The Bertz CT molecular complexity index is 1300. The minimum Gasteiger partial charge on any atom is -0.469 e. The number of ether oxygens (including phenoxy) is 2. The molecule has 0 heterocycles. The number of carbonyl (C=O) groups excluding carboxylic acids is 3. The normalized spacial score (nSPS) is 44.7. The monoisotopic (exact) mass is 581 g/mol. The second kappa shape index (κ2) is 9.68. The highest BCUT2D eigenvalue weighted by Crippen LogP contribution is 2.74. The number of methoxy groups -OCH3 is 1. The van der Waals surface area contributed by atoms with Crippen LogP contribution in [-0.4, -0.2) is 36.9 Å². The summed E-state index contributed by atoms with van der Waals surface area (Å²) in [5.74, 6) is 0.360. The quantitative estimate of drug-likeness (QED) is 0.293. The molecule has 2 amide bonds. The standard InChI is InChI=1S/C34H51N3O5/c1-20(38)42-26-13-14-32(6)23(29(26,2)3)12-15-34(8)24(32)11-10-21-22-18-30(4,27(39)41-9)19-25(36-37-28(35)40)31(22,5)16-17-33(21,34)7/h10-11,23-24,26H,12-19H2,1-9H3,(H3,35,37,40)/b36-25+/t23-,24+,26+,30-,31-,32-,33-,34+/m0/s1.